The maximum absolute atomic E-state index is 12.3. The predicted molar refractivity (Wildman–Crippen MR) is 91.2 cm³/mol. The van der Waals surface area contributed by atoms with E-state index in [1.54, 1.807) is 6.33 Å². The largest absolute Gasteiger partial charge is 0.348 e. The zero-order chi connectivity index (χ0) is 16.2. The van der Waals surface area contributed by atoms with Crippen molar-refractivity contribution < 1.29 is 4.79 Å². The molecule has 0 radical (unpaired) electrons. The molecule has 1 fully saturated rings. The molecule has 1 heterocycles. The van der Waals surface area contributed by atoms with Crippen LogP contribution in [0.25, 0.3) is 0 Å². The molecule has 1 unspecified atom stereocenters. The van der Waals surface area contributed by atoms with Gasteiger partial charge in [0.25, 0.3) is 0 Å². The number of carbonyl (C=O) groups is 1. The Morgan fingerprint density at radius 2 is 2.09 bits per heavy atom. The molecule has 23 heavy (non-hydrogen) atoms. The van der Waals surface area contributed by atoms with Crippen LogP contribution in [0, 0.1) is 5.92 Å². The SMILES string of the molecule is CC(C)C(NC(=O)CSc1nncn1C1CC1)c1ccccc1. The van der Waals surface area contributed by atoms with Gasteiger partial charge in [-0.3, -0.25) is 4.79 Å². The Labute approximate surface area is 140 Å². The van der Waals surface area contributed by atoms with Gasteiger partial charge in [-0.15, -0.1) is 10.2 Å². The lowest BCUT2D eigenvalue weighted by molar-refractivity contribution is -0.119. The Hall–Kier alpha value is -1.82. The molecule has 1 aliphatic rings. The highest BCUT2D eigenvalue weighted by Crippen LogP contribution is 2.37. The zero-order valence-corrected chi connectivity index (χ0v) is 14.3. The van der Waals surface area contributed by atoms with Crippen LogP contribution in [-0.4, -0.2) is 26.4 Å². The minimum Gasteiger partial charge on any atom is -0.348 e. The van der Waals surface area contributed by atoms with E-state index in [0.29, 0.717) is 17.7 Å². The van der Waals surface area contributed by atoms with Crippen molar-refractivity contribution in [3.05, 3.63) is 42.2 Å². The molecular formula is C17H22N4OS. The van der Waals surface area contributed by atoms with Crippen molar-refractivity contribution in [1.29, 1.82) is 0 Å². The van der Waals surface area contributed by atoms with Gasteiger partial charge in [0, 0.05) is 6.04 Å². The average Bonchev–Trinajstić information content (AvgIpc) is 3.29. The molecule has 1 atom stereocenters. The number of rotatable bonds is 7. The summed E-state index contributed by atoms with van der Waals surface area (Å²) in [4.78, 5) is 12.3. The average molecular weight is 330 g/mol. The van der Waals surface area contributed by atoms with Crippen LogP contribution in [0.3, 0.4) is 0 Å². The van der Waals surface area contributed by atoms with Gasteiger partial charge in [0.1, 0.15) is 6.33 Å². The summed E-state index contributed by atoms with van der Waals surface area (Å²) in [6.45, 7) is 4.24. The van der Waals surface area contributed by atoms with Crippen LogP contribution in [-0.2, 0) is 4.79 Å². The second-order valence-corrected chi connectivity index (χ2v) is 7.18. The second-order valence-electron chi connectivity index (χ2n) is 6.24. The Kier molecular flexibility index (Phi) is 5.00. The molecule has 1 aromatic heterocycles. The van der Waals surface area contributed by atoms with Gasteiger partial charge in [0.15, 0.2) is 5.16 Å². The number of aromatic nitrogens is 3. The zero-order valence-electron chi connectivity index (χ0n) is 13.5. The van der Waals surface area contributed by atoms with E-state index >= 15 is 0 Å². The van der Waals surface area contributed by atoms with Gasteiger partial charge in [0.2, 0.25) is 5.91 Å². The summed E-state index contributed by atoms with van der Waals surface area (Å²) < 4.78 is 2.08. The first-order valence-electron chi connectivity index (χ1n) is 8.01. The molecule has 0 spiro atoms. The van der Waals surface area contributed by atoms with E-state index in [2.05, 4.69) is 46.1 Å². The molecule has 5 nitrogen and oxygen atoms in total. The first-order chi connectivity index (χ1) is 11.1. The second kappa shape index (κ2) is 7.17. The number of benzene rings is 1. The van der Waals surface area contributed by atoms with Crippen molar-refractivity contribution in [2.24, 2.45) is 5.92 Å². The molecular weight excluding hydrogens is 308 g/mol. The van der Waals surface area contributed by atoms with Crippen LogP contribution in [0.5, 0.6) is 0 Å². The lowest BCUT2D eigenvalue weighted by Crippen LogP contribution is -2.33. The van der Waals surface area contributed by atoms with Crippen LogP contribution in [0.15, 0.2) is 41.8 Å². The summed E-state index contributed by atoms with van der Waals surface area (Å²) in [6.07, 6.45) is 4.13. The van der Waals surface area contributed by atoms with E-state index in [0.717, 1.165) is 10.7 Å². The van der Waals surface area contributed by atoms with E-state index in [1.807, 2.05) is 18.2 Å². The fourth-order valence-corrected chi connectivity index (χ4v) is 3.37. The Morgan fingerprint density at radius 3 is 2.74 bits per heavy atom. The smallest absolute Gasteiger partial charge is 0.230 e. The van der Waals surface area contributed by atoms with Gasteiger partial charge in [-0.05, 0) is 24.3 Å². The summed E-state index contributed by atoms with van der Waals surface area (Å²) in [5, 5.41) is 12.1. The highest BCUT2D eigenvalue weighted by atomic mass is 32.2. The first kappa shape index (κ1) is 16.1. The third-order valence-electron chi connectivity index (χ3n) is 3.95. The summed E-state index contributed by atoms with van der Waals surface area (Å²) >= 11 is 1.46. The van der Waals surface area contributed by atoms with Crippen LogP contribution in [0.2, 0.25) is 0 Å². The minimum absolute atomic E-state index is 0.0305. The minimum atomic E-state index is 0.0305. The van der Waals surface area contributed by atoms with E-state index < -0.39 is 0 Å². The van der Waals surface area contributed by atoms with Crippen LogP contribution >= 0.6 is 11.8 Å². The van der Waals surface area contributed by atoms with Crippen LogP contribution in [0.4, 0.5) is 0 Å². The quantitative estimate of drug-likeness (QED) is 0.792. The van der Waals surface area contributed by atoms with Gasteiger partial charge in [-0.2, -0.15) is 0 Å². The molecule has 0 saturated heterocycles. The van der Waals surface area contributed by atoms with Gasteiger partial charge < -0.3 is 9.88 Å². The van der Waals surface area contributed by atoms with E-state index in [9.17, 15) is 4.79 Å². The lowest BCUT2D eigenvalue weighted by atomic mass is 9.96. The van der Waals surface area contributed by atoms with E-state index in [-0.39, 0.29) is 11.9 Å². The van der Waals surface area contributed by atoms with E-state index in [1.165, 1.54) is 24.6 Å². The first-order valence-corrected chi connectivity index (χ1v) is 9.00. The predicted octanol–water partition coefficient (Wildman–Crippen LogP) is 3.22. The fourth-order valence-electron chi connectivity index (χ4n) is 2.58. The number of nitrogens with one attached hydrogen (secondary N) is 1. The van der Waals surface area contributed by atoms with Crippen molar-refractivity contribution in [3.63, 3.8) is 0 Å². The summed E-state index contributed by atoms with van der Waals surface area (Å²) in [7, 11) is 0. The molecule has 1 N–H and O–H groups in total. The number of carbonyl (C=O) groups excluding carboxylic acids is 1. The van der Waals surface area contributed by atoms with Crippen molar-refractivity contribution in [2.45, 2.75) is 43.9 Å². The molecule has 0 aliphatic heterocycles. The molecule has 1 aliphatic carbocycles. The number of amides is 1. The Bertz CT molecular complexity index is 652. The van der Waals surface area contributed by atoms with Gasteiger partial charge in [-0.1, -0.05) is 55.9 Å². The number of hydrogen-bond acceptors (Lipinski definition) is 4. The van der Waals surface area contributed by atoms with Crippen LogP contribution < -0.4 is 5.32 Å². The van der Waals surface area contributed by atoms with Crippen molar-refractivity contribution in [3.8, 4) is 0 Å². The van der Waals surface area contributed by atoms with Crippen molar-refractivity contribution in [2.75, 3.05) is 5.75 Å². The summed E-state index contributed by atoms with van der Waals surface area (Å²) in [5.41, 5.74) is 1.14. The number of hydrogen-bond donors (Lipinski definition) is 1. The normalized spacial score (nSPS) is 15.6. The van der Waals surface area contributed by atoms with Gasteiger partial charge >= 0.3 is 0 Å². The van der Waals surface area contributed by atoms with Crippen molar-refractivity contribution in [1.82, 2.24) is 20.1 Å². The van der Waals surface area contributed by atoms with Crippen LogP contribution in [0.1, 0.15) is 44.3 Å². The molecule has 1 aromatic carbocycles. The fraction of sp³-hybridized carbons (Fsp3) is 0.471. The number of thioether (sulfide) groups is 1. The monoisotopic (exact) mass is 330 g/mol. The summed E-state index contributed by atoms with van der Waals surface area (Å²) in [5.74, 6) is 0.728. The maximum atomic E-state index is 12.3. The molecule has 1 saturated carbocycles. The highest BCUT2D eigenvalue weighted by molar-refractivity contribution is 7.99. The molecule has 6 heteroatoms. The van der Waals surface area contributed by atoms with E-state index in [4.69, 9.17) is 0 Å². The molecule has 1 amide bonds. The molecule has 2 aromatic rings. The number of nitrogens with zero attached hydrogens (tertiary/aromatic N) is 3. The topological polar surface area (TPSA) is 59.8 Å². The molecule has 0 bridgehead atoms. The maximum Gasteiger partial charge on any atom is 0.230 e. The molecule has 122 valence electrons. The highest BCUT2D eigenvalue weighted by Gasteiger charge is 2.26. The van der Waals surface area contributed by atoms with Gasteiger partial charge in [0.05, 0.1) is 11.8 Å². The van der Waals surface area contributed by atoms with Crippen molar-refractivity contribution >= 4 is 17.7 Å². The molecule has 3 rings (SSSR count). The van der Waals surface area contributed by atoms with Gasteiger partial charge in [-0.25, -0.2) is 0 Å². The lowest BCUT2D eigenvalue weighted by Gasteiger charge is -2.22. The Balaban J connectivity index is 1.58. The third-order valence-corrected chi connectivity index (χ3v) is 4.91. The standard InChI is InChI=1S/C17H22N4OS/c1-12(2)16(13-6-4-3-5-7-13)19-15(22)10-23-17-20-18-11-21(17)14-8-9-14/h3-7,11-12,14,16H,8-10H2,1-2H3,(H,19,22). The third kappa shape index (κ3) is 4.13. The summed E-state index contributed by atoms with van der Waals surface area (Å²) in [6, 6.07) is 10.7. The Morgan fingerprint density at radius 1 is 1.35 bits per heavy atom.